The number of ether oxygens (including phenoxy) is 2. The SMILES string of the molecule is COC(=O)C1CN(c2ccc(Nc3ncc(C(F)(F)F)[c]([Sn]([CH3])([CH3])[CH3])n3)c(C3CC3)c2)CCN1C(=O)OC(C)(C)C. The van der Waals surface area contributed by atoms with Gasteiger partial charge in [0.25, 0.3) is 0 Å². The van der Waals surface area contributed by atoms with Crippen molar-refractivity contribution in [1.29, 1.82) is 0 Å². The molecule has 2 aliphatic rings. The van der Waals surface area contributed by atoms with Gasteiger partial charge in [-0.1, -0.05) is 0 Å². The van der Waals surface area contributed by atoms with Gasteiger partial charge in [0.2, 0.25) is 0 Å². The predicted molar refractivity (Wildman–Crippen MR) is 153 cm³/mol. The fraction of sp³-hybridized carbons (Fsp3) is 0.571. The maximum atomic E-state index is 13.6. The molecule has 2 fully saturated rings. The molecule has 224 valence electrons. The minimum Gasteiger partial charge on any atom is -0.444 e. The zero-order valence-corrected chi connectivity index (χ0v) is 27.4. The van der Waals surface area contributed by atoms with Crippen LogP contribution in [0.15, 0.2) is 24.4 Å². The monoisotopic (exact) mass is 685 g/mol. The molecule has 0 bridgehead atoms. The molecule has 1 saturated carbocycles. The number of piperazine rings is 1. The summed E-state index contributed by atoms with van der Waals surface area (Å²) >= 11 is -3.24. The van der Waals surface area contributed by atoms with Gasteiger partial charge in [0.15, 0.2) is 0 Å². The number of carbonyl (C=O) groups is 2. The molecule has 1 N–H and O–H groups in total. The summed E-state index contributed by atoms with van der Waals surface area (Å²) in [5.41, 5.74) is 1.16. The molecule has 1 aliphatic carbocycles. The zero-order valence-electron chi connectivity index (χ0n) is 24.6. The van der Waals surface area contributed by atoms with E-state index in [1.54, 1.807) is 20.8 Å². The second-order valence-corrected chi connectivity index (χ2v) is 26.7. The Labute approximate surface area is 242 Å². The minimum atomic E-state index is -4.51. The summed E-state index contributed by atoms with van der Waals surface area (Å²) in [5, 5.41) is 3.18. The van der Waals surface area contributed by atoms with Crippen LogP contribution in [0.4, 0.5) is 35.3 Å². The van der Waals surface area contributed by atoms with Gasteiger partial charge in [0, 0.05) is 0 Å². The van der Waals surface area contributed by atoms with Crippen molar-refractivity contribution in [2.45, 2.75) is 72.2 Å². The first-order chi connectivity index (χ1) is 19.0. The summed E-state index contributed by atoms with van der Waals surface area (Å²) in [6.07, 6.45) is -2.20. The number of nitrogens with one attached hydrogen (secondary N) is 1. The number of methoxy groups -OCH3 is 1. The third-order valence-electron chi connectivity index (χ3n) is 6.95. The van der Waals surface area contributed by atoms with Gasteiger partial charge in [-0.2, -0.15) is 0 Å². The Bertz CT molecular complexity index is 1310. The van der Waals surface area contributed by atoms with Crippen molar-refractivity contribution in [3.05, 3.63) is 35.5 Å². The Morgan fingerprint density at radius 2 is 1.78 bits per heavy atom. The average Bonchev–Trinajstić information content (AvgIpc) is 3.71. The normalized spacial score (nSPS) is 18.2. The number of hydrogen-bond acceptors (Lipinski definition) is 8. The van der Waals surface area contributed by atoms with Gasteiger partial charge < -0.3 is 9.47 Å². The molecule has 2 aromatic rings. The van der Waals surface area contributed by atoms with Gasteiger partial charge in [-0.15, -0.1) is 0 Å². The van der Waals surface area contributed by atoms with Gasteiger partial charge in [-0.25, -0.2) is 9.59 Å². The van der Waals surface area contributed by atoms with E-state index in [9.17, 15) is 22.8 Å². The molecule has 1 atom stereocenters. The van der Waals surface area contributed by atoms with E-state index < -0.39 is 53.8 Å². The Kier molecular flexibility index (Phi) is 8.73. The summed E-state index contributed by atoms with van der Waals surface area (Å²) < 4.78 is 51.6. The fourth-order valence-corrected chi connectivity index (χ4v) is 8.98. The van der Waals surface area contributed by atoms with Gasteiger partial charge in [0.05, 0.1) is 7.11 Å². The van der Waals surface area contributed by atoms with Crippen molar-refractivity contribution in [2.75, 3.05) is 37.0 Å². The van der Waals surface area contributed by atoms with Crippen molar-refractivity contribution >= 4 is 51.5 Å². The van der Waals surface area contributed by atoms with Crippen LogP contribution in [0.5, 0.6) is 0 Å². The van der Waals surface area contributed by atoms with Crippen LogP contribution in [0.1, 0.15) is 50.7 Å². The first kappa shape index (κ1) is 31.2. The molecule has 41 heavy (non-hydrogen) atoms. The number of benzene rings is 1. The van der Waals surface area contributed by atoms with E-state index in [1.807, 2.05) is 37.9 Å². The van der Waals surface area contributed by atoms with Crippen LogP contribution in [0.3, 0.4) is 0 Å². The first-order valence-electron chi connectivity index (χ1n) is 13.7. The third-order valence-corrected chi connectivity index (χ3v) is 12.1. The average molecular weight is 684 g/mol. The van der Waals surface area contributed by atoms with Crippen LogP contribution in [0, 0.1) is 0 Å². The van der Waals surface area contributed by atoms with E-state index in [-0.39, 0.29) is 22.7 Å². The third kappa shape index (κ3) is 7.55. The van der Waals surface area contributed by atoms with Crippen LogP contribution in [-0.2, 0) is 20.4 Å². The molecule has 0 radical (unpaired) electrons. The smallest absolute Gasteiger partial charge is 0.444 e. The molecule has 1 amide bonds. The molecule has 1 aromatic carbocycles. The number of halogens is 3. The van der Waals surface area contributed by atoms with E-state index >= 15 is 0 Å². The van der Waals surface area contributed by atoms with Crippen molar-refractivity contribution in [3.8, 4) is 0 Å². The van der Waals surface area contributed by atoms with Gasteiger partial charge in [-0.05, 0) is 20.8 Å². The predicted octanol–water partition coefficient (Wildman–Crippen LogP) is 5.26. The molecular formula is C28H38F3N5O4Sn. The van der Waals surface area contributed by atoms with Crippen LogP contribution in [0.25, 0.3) is 0 Å². The molecule has 13 heteroatoms. The van der Waals surface area contributed by atoms with Crippen LogP contribution < -0.4 is 13.9 Å². The molecule has 0 spiro atoms. The Hall–Kier alpha value is -2.77. The number of rotatable bonds is 6. The second kappa shape index (κ2) is 11.5. The van der Waals surface area contributed by atoms with Crippen LogP contribution in [-0.4, -0.2) is 83.7 Å². The summed E-state index contributed by atoms with van der Waals surface area (Å²) in [5.74, 6) is -0.0839. The van der Waals surface area contributed by atoms with Crippen LogP contribution >= 0.6 is 0 Å². The molecule has 1 unspecified atom stereocenters. The van der Waals surface area contributed by atoms with Crippen molar-refractivity contribution in [3.63, 3.8) is 0 Å². The Morgan fingerprint density at radius 3 is 2.34 bits per heavy atom. The number of esters is 1. The first-order valence-corrected chi connectivity index (χ1v) is 23.6. The van der Waals surface area contributed by atoms with Gasteiger partial charge in [-0.3, -0.25) is 0 Å². The maximum absolute atomic E-state index is 13.6. The van der Waals surface area contributed by atoms with E-state index in [0.29, 0.717) is 12.5 Å². The summed E-state index contributed by atoms with van der Waals surface area (Å²) in [4.78, 5) is 43.0. The number of anilines is 3. The fourth-order valence-electron chi connectivity index (χ4n) is 4.83. The van der Waals surface area contributed by atoms with E-state index in [0.717, 1.165) is 36.0 Å². The van der Waals surface area contributed by atoms with E-state index in [1.165, 1.54) is 12.0 Å². The van der Waals surface area contributed by atoms with E-state index in [4.69, 9.17) is 9.47 Å². The minimum absolute atomic E-state index is 0.130. The molecule has 1 aromatic heterocycles. The standard InChI is InChI=1S/C25H29F3N5O4.3CH3.Sn/c1-24(2,3)37-23(35)33-10-9-32(14-20(33)21(34)36-4)17-7-8-19(18(11-17)15-5-6-15)31-22-29-12-16(13-30-22)25(26,27)28;;;;/h7-8,11-12,15,20H,5-6,9-10,14H2,1-4H3,(H,29,30,31);3*1H3;. The number of hydrogen-bond donors (Lipinski definition) is 1. The summed E-state index contributed by atoms with van der Waals surface area (Å²) in [6, 6.07) is 4.95. The van der Waals surface area contributed by atoms with Crippen molar-refractivity contribution < 1.29 is 32.2 Å². The number of nitrogens with zero attached hydrogens (tertiary/aromatic N) is 4. The molecule has 4 rings (SSSR count). The summed E-state index contributed by atoms with van der Waals surface area (Å²) in [6.45, 7) is 6.29. The van der Waals surface area contributed by atoms with Crippen molar-refractivity contribution in [1.82, 2.24) is 14.9 Å². The van der Waals surface area contributed by atoms with Crippen molar-refractivity contribution in [2.24, 2.45) is 0 Å². The van der Waals surface area contributed by atoms with E-state index in [2.05, 4.69) is 15.3 Å². The zero-order chi connectivity index (χ0) is 30.3. The summed E-state index contributed by atoms with van der Waals surface area (Å²) in [7, 11) is 1.29. The Balaban J connectivity index is 1.60. The number of alkyl halides is 3. The van der Waals surface area contributed by atoms with Crippen LogP contribution in [0.2, 0.25) is 14.8 Å². The molecule has 9 nitrogen and oxygen atoms in total. The molecule has 1 aliphatic heterocycles. The van der Waals surface area contributed by atoms with Gasteiger partial charge in [0.1, 0.15) is 5.60 Å². The van der Waals surface area contributed by atoms with Gasteiger partial charge >= 0.3 is 191 Å². The topological polar surface area (TPSA) is 96.9 Å². The molecule has 1 saturated heterocycles. The molecular weight excluding hydrogens is 646 g/mol. The second-order valence-electron chi connectivity index (χ2n) is 12.5. The quantitative estimate of drug-likeness (QED) is 0.326. The number of aromatic nitrogens is 2. The number of amides is 1. The molecule has 2 heterocycles. The Morgan fingerprint density at radius 1 is 1.10 bits per heavy atom. The number of carbonyl (C=O) groups excluding carboxylic acids is 2.